The minimum atomic E-state index is -0.435. The highest BCUT2D eigenvalue weighted by Gasteiger charge is 2.23. The van der Waals surface area contributed by atoms with Gasteiger partial charge in [0, 0.05) is 6.42 Å². The van der Waals surface area contributed by atoms with Gasteiger partial charge < -0.3 is 14.6 Å². The number of nitrogens with one attached hydrogen (secondary N) is 1. The van der Waals surface area contributed by atoms with Gasteiger partial charge in [0.05, 0.1) is 6.10 Å². The topological polar surface area (TPSA) is 77.2 Å². The molecule has 3 rings (SSSR count). The van der Waals surface area contributed by atoms with Crippen LogP contribution in [-0.4, -0.2) is 28.8 Å². The smallest absolute Gasteiger partial charge is 0.246 e. The maximum atomic E-state index is 12.4. The first-order valence-corrected chi connectivity index (χ1v) is 9.04. The van der Waals surface area contributed by atoms with E-state index in [1.165, 1.54) is 12.8 Å². The molecular formula is C19H25N3O3. The van der Waals surface area contributed by atoms with E-state index >= 15 is 0 Å². The summed E-state index contributed by atoms with van der Waals surface area (Å²) in [4.78, 5) is 16.8. The number of benzene rings is 1. The molecule has 1 heterocycles. The molecule has 1 N–H and O–H groups in total. The molecule has 6 nitrogen and oxygen atoms in total. The number of ether oxygens (including phenoxy) is 1. The molecule has 0 aliphatic heterocycles. The van der Waals surface area contributed by atoms with Crippen LogP contribution in [0.5, 0.6) is 0 Å². The quantitative estimate of drug-likeness (QED) is 0.796. The summed E-state index contributed by atoms with van der Waals surface area (Å²) in [6, 6.07) is 9.24. The summed E-state index contributed by atoms with van der Waals surface area (Å²) in [6.45, 7) is 2.12. The minimum Gasteiger partial charge on any atom is -0.368 e. The third-order valence-electron chi connectivity index (χ3n) is 4.40. The fraction of sp³-hybridized carbons (Fsp3) is 0.526. The van der Waals surface area contributed by atoms with Crippen molar-refractivity contribution in [2.75, 3.05) is 6.61 Å². The molecule has 0 saturated heterocycles. The lowest BCUT2D eigenvalue weighted by Gasteiger charge is -2.17. The zero-order chi connectivity index (χ0) is 17.5. The highest BCUT2D eigenvalue weighted by molar-refractivity contribution is 5.78. The molecule has 1 atom stereocenters. The standard InChI is InChI=1S/C19H25N3O3/c1-2-8-17-21-19(22-25-17)18(14-9-4-3-5-10-14)20-16(23)13-24-15-11-6-7-12-15/h3-5,9-10,15,18H,2,6-8,11-13H2,1H3,(H,20,23)/t18-/m1/s1. The van der Waals surface area contributed by atoms with Crippen LogP contribution in [0.1, 0.15) is 62.3 Å². The molecule has 134 valence electrons. The Hall–Kier alpha value is -2.21. The third kappa shape index (κ3) is 4.89. The summed E-state index contributed by atoms with van der Waals surface area (Å²) in [6.07, 6.45) is 6.32. The molecule has 2 aromatic rings. The second-order valence-electron chi connectivity index (χ2n) is 6.42. The molecule has 0 bridgehead atoms. The van der Waals surface area contributed by atoms with E-state index in [0.29, 0.717) is 11.7 Å². The average molecular weight is 343 g/mol. The van der Waals surface area contributed by atoms with Crippen LogP contribution in [0.4, 0.5) is 0 Å². The highest BCUT2D eigenvalue weighted by Crippen LogP contribution is 2.22. The number of carbonyl (C=O) groups is 1. The van der Waals surface area contributed by atoms with Gasteiger partial charge in [-0.25, -0.2) is 0 Å². The van der Waals surface area contributed by atoms with Crippen molar-refractivity contribution in [3.63, 3.8) is 0 Å². The van der Waals surface area contributed by atoms with E-state index in [1.807, 2.05) is 30.3 Å². The number of hydrogen-bond acceptors (Lipinski definition) is 5. The highest BCUT2D eigenvalue weighted by atomic mass is 16.5. The van der Waals surface area contributed by atoms with E-state index < -0.39 is 6.04 Å². The maximum absolute atomic E-state index is 12.4. The van der Waals surface area contributed by atoms with Gasteiger partial charge in [-0.2, -0.15) is 4.98 Å². The van der Waals surface area contributed by atoms with Crippen molar-refractivity contribution in [2.45, 2.75) is 57.6 Å². The second kappa shape index (κ2) is 8.76. The molecule has 25 heavy (non-hydrogen) atoms. The molecule has 1 amide bonds. The summed E-state index contributed by atoms with van der Waals surface area (Å²) in [5.41, 5.74) is 0.917. The Balaban J connectivity index is 1.68. The number of amides is 1. The molecule has 1 aromatic carbocycles. The van der Waals surface area contributed by atoms with Gasteiger partial charge in [-0.3, -0.25) is 4.79 Å². The molecule has 1 fully saturated rings. The lowest BCUT2D eigenvalue weighted by molar-refractivity contribution is -0.128. The van der Waals surface area contributed by atoms with Crippen molar-refractivity contribution in [3.8, 4) is 0 Å². The van der Waals surface area contributed by atoms with Gasteiger partial charge in [0.2, 0.25) is 11.8 Å². The molecule has 6 heteroatoms. The first-order chi connectivity index (χ1) is 12.3. The van der Waals surface area contributed by atoms with E-state index in [-0.39, 0.29) is 18.6 Å². The second-order valence-corrected chi connectivity index (χ2v) is 6.42. The van der Waals surface area contributed by atoms with Gasteiger partial charge in [-0.1, -0.05) is 55.3 Å². The van der Waals surface area contributed by atoms with E-state index in [2.05, 4.69) is 22.4 Å². The molecule has 1 aliphatic carbocycles. The molecule has 0 unspecified atom stereocenters. The maximum Gasteiger partial charge on any atom is 0.246 e. The Kier molecular flexibility index (Phi) is 6.17. The van der Waals surface area contributed by atoms with Crippen LogP contribution in [0.3, 0.4) is 0 Å². The molecule has 1 saturated carbocycles. The number of hydrogen-bond donors (Lipinski definition) is 1. The van der Waals surface area contributed by atoms with Crippen molar-refractivity contribution >= 4 is 5.91 Å². The molecule has 1 aromatic heterocycles. The largest absolute Gasteiger partial charge is 0.368 e. The van der Waals surface area contributed by atoms with Crippen molar-refractivity contribution in [2.24, 2.45) is 0 Å². The number of nitrogens with zero attached hydrogens (tertiary/aromatic N) is 2. The van der Waals surface area contributed by atoms with Crippen LogP contribution in [0.2, 0.25) is 0 Å². The fourth-order valence-electron chi connectivity index (χ4n) is 3.09. The van der Waals surface area contributed by atoms with Crippen molar-refractivity contribution in [3.05, 3.63) is 47.6 Å². The molecule has 0 radical (unpaired) electrons. The van der Waals surface area contributed by atoms with E-state index in [9.17, 15) is 4.79 Å². The molecular weight excluding hydrogens is 318 g/mol. The van der Waals surface area contributed by atoms with Gasteiger partial charge >= 0.3 is 0 Å². The molecule has 0 spiro atoms. The van der Waals surface area contributed by atoms with Gasteiger partial charge in [0.1, 0.15) is 12.6 Å². The zero-order valence-corrected chi connectivity index (χ0v) is 14.6. The Morgan fingerprint density at radius 3 is 2.80 bits per heavy atom. The van der Waals surface area contributed by atoms with Gasteiger partial charge in [-0.15, -0.1) is 0 Å². The van der Waals surface area contributed by atoms with Crippen molar-refractivity contribution in [1.82, 2.24) is 15.5 Å². The summed E-state index contributed by atoms with van der Waals surface area (Å²) in [7, 11) is 0. The SMILES string of the molecule is CCCc1nc([C@H](NC(=O)COC2CCCC2)c2ccccc2)no1. The fourth-order valence-corrected chi connectivity index (χ4v) is 3.09. The van der Waals surface area contributed by atoms with Crippen molar-refractivity contribution in [1.29, 1.82) is 0 Å². The number of rotatable bonds is 8. The Bertz CT molecular complexity index is 666. The predicted molar refractivity (Wildman–Crippen MR) is 92.9 cm³/mol. The van der Waals surface area contributed by atoms with Crippen LogP contribution in [0.25, 0.3) is 0 Å². The predicted octanol–water partition coefficient (Wildman–Crippen LogP) is 3.19. The number of aromatic nitrogens is 2. The Labute approximate surface area is 148 Å². The van der Waals surface area contributed by atoms with Crippen LogP contribution >= 0.6 is 0 Å². The monoisotopic (exact) mass is 343 g/mol. The number of aryl methyl sites for hydroxylation is 1. The zero-order valence-electron chi connectivity index (χ0n) is 14.6. The van der Waals surface area contributed by atoms with Crippen LogP contribution in [0, 0.1) is 0 Å². The van der Waals surface area contributed by atoms with E-state index in [0.717, 1.165) is 31.2 Å². The molecule has 1 aliphatic rings. The van der Waals surface area contributed by atoms with E-state index in [1.54, 1.807) is 0 Å². The summed E-state index contributed by atoms with van der Waals surface area (Å²) in [5.74, 6) is 0.904. The summed E-state index contributed by atoms with van der Waals surface area (Å²) < 4.78 is 11.0. The lowest BCUT2D eigenvalue weighted by atomic mass is 10.1. The first-order valence-electron chi connectivity index (χ1n) is 9.04. The van der Waals surface area contributed by atoms with Gasteiger partial charge in [0.15, 0.2) is 5.82 Å². The van der Waals surface area contributed by atoms with E-state index in [4.69, 9.17) is 9.26 Å². The lowest BCUT2D eigenvalue weighted by Crippen LogP contribution is -2.34. The van der Waals surface area contributed by atoms with Gasteiger partial charge in [0.25, 0.3) is 0 Å². The summed E-state index contributed by atoms with van der Waals surface area (Å²) in [5, 5.41) is 7.04. The van der Waals surface area contributed by atoms with Crippen LogP contribution in [-0.2, 0) is 16.0 Å². The minimum absolute atomic E-state index is 0.0632. The van der Waals surface area contributed by atoms with Crippen LogP contribution in [0.15, 0.2) is 34.9 Å². The third-order valence-corrected chi connectivity index (χ3v) is 4.40. The number of carbonyl (C=O) groups excluding carboxylic acids is 1. The first kappa shape index (κ1) is 17.6. The normalized spacial score (nSPS) is 16.0. The Morgan fingerprint density at radius 1 is 1.32 bits per heavy atom. The van der Waals surface area contributed by atoms with Crippen LogP contribution < -0.4 is 5.32 Å². The Morgan fingerprint density at radius 2 is 2.08 bits per heavy atom. The van der Waals surface area contributed by atoms with Gasteiger partial charge in [-0.05, 0) is 24.8 Å². The van der Waals surface area contributed by atoms with Crippen molar-refractivity contribution < 1.29 is 14.1 Å². The average Bonchev–Trinajstić information content (AvgIpc) is 3.31. The summed E-state index contributed by atoms with van der Waals surface area (Å²) >= 11 is 0.